The summed E-state index contributed by atoms with van der Waals surface area (Å²) in [6.45, 7) is 3.94. The van der Waals surface area contributed by atoms with Crippen molar-refractivity contribution in [1.29, 1.82) is 0 Å². The molecule has 0 bridgehead atoms. The first kappa shape index (κ1) is 9.92. The molecule has 0 saturated heterocycles. The van der Waals surface area contributed by atoms with E-state index in [2.05, 4.69) is 9.97 Å². The lowest BCUT2D eigenvalue weighted by molar-refractivity contribution is 0.382. The summed E-state index contributed by atoms with van der Waals surface area (Å²) in [6.07, 6.45) is 4.05. The predicted octanol–water partition coefficient (Wildman–Crippen LogP) is 1.07. The van der Waals surface area contributed by atoms with Crippen LogP contribution in [0.5, 0.6) is 5.88 Å². The first-order valence-electron chi connectivity index (χ1n) is 4.25. The van der Waals surface area contributed by atoms with E-state index in [1.807, 2.05) is 13.8 Å². The SMILES string of the molecule is CCC(C)(N)c1cncc(OC)n1. The molecule has 1 heterocycles. The van der Waals surface area contributed by atoms with Gasteiger partial charge in [-0.3, -0.25) is 4.98 Å². The van der Waals surface area contributed by atoms with E-state index in [0.29, 0.717) is 5.88 Å². The van der Waals surface area contributed by atoms with E-state index in [4.69, 9.17) is 10.5 Å². The van der Waals surface area contributed by atoms with Crippen molar-refractivity contribution in [2.75, 3.05) is 7.11 Å². The quantitative estimate of drug-likeness (QED) is 0.757. The zero-order valence-electron chi connectivity index (χ0n) is 8.24. The normalized spacial score (nSPS) is 15.1. The van der Waals surface area contributed by atoms with Crippen LogP contribution in [0.4, 0.5) is 0 Å². The largest absolute Gasteiger partial charge is 0.480 e. The van der Waals surface area contributed by atoms with E-state index in [1.165, 1.54) is 0 Å². The molecule has 0 amide bonds. The van der Waals surface area contributed by atoms with Crippen molar-refractivity contribution in [2.24, 2.45) is 5.73 Å². The standard InChI is InChI=1S/C9H15N3O/c1-4-9(2,10)7-5-11-6-8(12-7)13-3/h5-6H,4,10H2,1-3H3. The van der Waals surface area contributed by atoms with Gasteiger partial charge in [-0.05, 0) is 13.3 Å². The van der Waals surface area contributed by atoms with Crippen LogP contribution in [-0.2, 0) is 5.54 Å². The highest BCUT2D eigenvalue weighted by Crippen LogP contribution is 2.19. The Morgan fingerprint density at radius 2 is 2.23 bits per heavy atom. The molecule has 1 aromatic rings. The van der Waals surface area contributed by atoms with E-state index in [9.17, 15) is 0 Å². The Morgan fingerprint density at radius 3 is 2.77 bits per heavy atom. The van der Waals surface area contributed by atoms with Gasteiger partial charge in [0.1, 0.15) is 0 Å². The summed E-state index contributed by atoms with van der Waals surface area (Å²) in [5.41, 5.74) is 6.33. The first-order chi connectivity index (χ1) is 6.10. The topological polar surface area (TPSA) is 61.0 Å². The monoisotopic (exact) mass is 181 g/mol. The van der Waals surface area contributed by atoms with Crippen LogP contribution in [0.1, 0.15) is 26.0 Å². The average molecular weight is 181 g/mol. The molecule has 4 nitrogen and oxygen atoms in total. The second-order valence-electron chi connectivity index (χ2n) is 3.22. The molecule has 0 aliphatic carbocycles. The van der Waals surface area contributed by atoms with E-state index >= 15 is 0 Å². The van der Waals surface area contributed by atoms with Crippen molar-refractivity contribution in [1.82, 2.24) is 9.97 Å². The van der Waals surface area contributed by atoms with Gasteiger partial charge >= 0.3 is 0 Å². The molecular formula is C9H15N3O. The molecule has 2 N–H and O–H groups in total. The van der Waals surface area contributed by atoms with Crippen LogP contribution in [0.15, 0.2) is 12.4 Å². The van der Waals surface area contributed by atoms with Crippen LogP contribution in [0.2, 0.25) is 0 Å². The van der Waals surface area contributed by atoms with Crippen molar-refractivity contribution < 1.29 is 4.74 Å². The zero-order chi connectivity index (χ0) is 9.90. The fourth-order valence-electron chi connectivity index (χ4n) is 0.903. The molecule has 1 atom stereocenters. The van der Waals surface area contributed by atoms with Crippen LogP contribution in [0.25, 0.3) is 0 Å². The van der Waals surface area contributed by atoms with Gasteiger partial charge in [0.2, 0.25) is 5.88 Å². The Hall–Kier alpha value is -1.16. The average Bonchev–Trinajstić information content (AvgIpc) is 2.18. The summed E-state index contributed by atoms with van der Waals surface area (Å²) in [5, 5.41) is 0. The van der Waals surface area contributed by atoms with Gasteiger partial charge in [-0.15, -0.1) is 0 Å². The number of rotatable bonds is 3. The van der Waals surface area contributed by atoms with Gasteiger partial charge < -0.3 is 10.5 Å². The van der Waals surface area contributed by atoms with Crippen LogP contribution in [0, 0.1) is 0 Å². The van der Waals surface area contributed by atoms with E-state index in [1.54, 1.807) is 19.5 Å². The maximum atomic E-state index is 6.00. The molecule has 0 spiro atoms. The van der Waals surface area contributed by atoms with Gasteiger partial charge in [0, 0.05) is 0 Å². The van der Waals surface area contributed by atoms with E-state index in [0.717, 1.165) is 12.1 Å². The number of ether oxygens (including phenoxy) is 1. The van der Waals surface area contributed by atoms with Crippen LogP contribution >= 0.6 is 0 Å². The maximum absolute atomic E-state index is 6.00. The molecule has 0 aliphatic heterocycles. The van der Waals surface area contributed by atoms with E-state index < -0.39 is 5.54 Å². The van der Waals surface area contributed by atoms with Gasteiger partial charge in [0.25, 0.3) is 0 Å². The molecule has 0 radical (unpaired) electrons. The highest BCUT2D eigenvalue weighted by molar-refractivity contribution is 5.14. The Morgan fingerprint density at radius 1 is 1.54 bits per heavy atom. The summed E-state index contributed by atoms with van der Waals surface area (Å²) in [7, 11) is 1.56. The third-order valence-corrected chi connectivity index (χ3v) is 2.14. The molecule has 0 aliphatic rings. The molecule has 0 fully saturated rings. The van der Waals surface area contributed by atoms with Gasteiger partial charge in [-0.2, -0.15) is 0 Å². The van der Waals surface area contributed by atoms with Crippen molar-refractivity contribution >= 4 is 0 Å². The van der Waals surface area contributed by atoms with Crippen molar-refractivity contribution in [3.8, 4) is 5.88 Å². The maximum Gasteiger partial charge on any atom is 0.232 e. The Kier molecular flexibility index (Phi) is 2.83. The van der Waals surface area contributed by atoms with Crippen molar-refractivity contribution in [3.63, 3.8) is 0 Å². The Balaban J connectivity index is 3.01. The molecule has 1 aromatic heterocycles. The summed E-state index contributed by atoms with van der Waals surface area (Å²) in [6, 6.07) is 0. The van der Waals surface area contributed by atoms with Crippen LogP contribution < -0.4 is 10.5 Å². The highest BCUT2D eigenvalue weighted by Gasteiger charge is 2.20. The van der Waals surface area contributed by atoms with Gasteiger partial charge in [0.15, 0.2) is 0 Å². The molecule has 1 unspecified atom stereocenters. The summed E-state index contributed by atoms with van der Waals surface area (Å²) < 4.78 is 4.97. The number of methoxy groups -OCH3 is 1. The third kappa shape index (κ3) is 2.15. The Bertz CT molecular complexity index is 286. The fraction of sp³-hybridized carbons (Fsp3) is 0.556. The Labute approximate surface area is 78.1 Å². The lowest BCUT2D eigenvalue weighted by Gasteiger charge is -2.21. The smallest absolute Gasteiger partial charge is 0.232 e. The summed E-state index contributed by atoms with van der Waals surface area (Å²) in [4.78, 5) is 8.23. The number of aromatic nitrogens is 2. The minimum Gasteiger partial charge on any atom is -0.480 e. The minimum absolute atomic E-state index is 0.429. The molecule has 4 heteroatoms. The predicted molar refractivity (Wildman–Crippen MR) is 50.4 cm³/mol. The van der Waals surface area contributed by atoms with Gasteiger partial charge in [-0.25, -0.2) is 4.98 Å². The third-order valence-electron chi connectivity index (χ3n) is 2.14. The number of nitrogens with zero attached hydrogens (tertiary/aromatic N) is 2. The van der Waals surface area contributed by atoms with E-state index in [-0.39, 0.29) is 0 Å². The summed E-state index contributed by atoms with van der Waals surface area (Å²) >= 11 is 0. The van der Waals surface area contributed by atoms with Gasteiger partial charge in [0.05, 0.1) is 30.7 Å². The number of hydrogen-bond acceptors (Lipinski definition) is 4. The molecule has 13 heavy (non-hydrogen) atoms. The molecule has 0 saturated carbocycles. The zero-order valence-corrected chi connectivity index (χ0v) is 8.24. The van der Waals surface area contributed by atoms with Crippen molar-refractivity contribution in [3.05, 3.63) is 18.1 Å². The summed E-state index contributed by atoms with van der Waals surface area (Å²) in [5.74, 6) is 0.502. The second kappa shape index (κ2) is 3.70. The van der Waals surface area contributed by atoms with Crippen LogP contribution in [0.3, 0.4) is 0 Å². The lowest BCUT2D eigenvalue weighted by atomic mass is 9.97. The first-order valence-corrected chi connectivity index (χ1v) is 4.25. The van der Waals surface area contributed by atoms with Crippen LogP contribution in [-0.4, -0.2) is 17.1 Å². The number of nitrogens with two attached hydrogens (primary N) is 1. The molecule has 1 rings (SSSR count). The molecular weight excluding hydrogens is 166 g/mol. The fourth-order valence-corrected chi connectivity index (χ4v) is 0.903. The number of hydrogen-bond donors (Lipinski definition) is 1. The lowest BCUT2D eigenvalue weighted by Crippen LogP contribution is -2.33. The molecule has 0 aromatic carbocycles. The van der Waals surface area contributed by atoms with Crippen molar-refractivity contribution in [2.45, 2.75) is 25.8 Å². The van der Waals surface area contributed by atoms with Gasteiger partial charge in [-0.1, -0.05) is 6.92 Å². The second-order valence-corrected chi connectivity index (χ2v) is 3.22. The minimum atomic E-state index is -0.429. The highest BCUT2D eigenvalue weighted by atomic mass is 16.5. The molecule has 72 valence electrons.